The highest BCUT2D eigenvalue weighted by molar-refractivity contribution is 9.10. The van der Waals surface area contributed by atoms with Gasteiger partial charge in [-0.15, -0.1) is 0 Å². The zero-order chi connectivity index (χ0) is 13.3. The van der Waals surface area contributed by atoms with Crippen molar-refractivity contribution in [2.24, 2.45) is 0 Å². The summed E-state index contributed by atoms with van der Waals surface area (Å²) >= 11 is 3.19. The van der Waals surface area contributed by atoms with E-state index in [9.17, 15) is 4.79 Å². The first-order valence-electron chi connectivity index (χ1n) is 6.29. The first-order valence-corrected chi connectivity index (χ1v) is 7.08. The Labute approximate surface area is 120 Å². The van der Waals surface area contributed by atoms with Crippen LogP contribution in [-0.4, -0.2) is 12.5 Å². The molecule has 0 unspecified atom stereocenters. The van der Waals surface area contributed by atoms with Crippen LogP contribution in [0.1, 0.15) is 29.0 Å². The molecule has 0 bridgehead atoms. The number of carbonyl (C=O) groups is 1. The van der Waals surface area contributed by atoms with E-state index in [1.165, 1.54) is 5.56 Å². The smallest absolute Gasteiger partial charge is 0.287 e. The predicted octanol–water partition coefficient (Wildman–Crippen LogP) is 3.50. The van der Waals surface area contributed by atoms with Gasteiger partial charge < -0.3 is 9.73 Å². The number of hydrogen-bond acceptors (Lipinski definition) is 2. The summed E-state index contributed by atoms with van der Waals surface area (Å²) in [5.74, 6) is 0.184. The van der Waals surface area contributed by atoms with Gasteiger partial charge in [0.2, 0.25) is 0 Å². The van der Waals surface area contributed by atoms with E-state index >= 15 is 0 Å². The summed E-state index contributed by atoms with van der Waals surface area (Å²) < 4.78 is 5.81. The van der Waals surface area contributed by atoms with Crippen molar-refractivity contribution in [3.05, 3.63) is 58.5 Å². The molecule has 19 heavy (non-hydrogen) atoms. The molecule has 3 rings (SSSR count). The molecule has 1 N–H and O–H groups in total. The maximum Gasteiger partial charge on any atom is 0.287 e. The van der Waals surface area contributed by atoms with E-state index in [1.54, 1.807) is 12.1 Å². The van der Waals surface area contributed by atoms with E-state index < -0.39 is 0 Å². The van der Waals surface area contributed by atoms with E-state index in [0.717, 1.165) is 12.8 Å². The average molecular weight is 320 g/mol. The molecule has 0 spiro atoms. The molecule has 1 aromatic carbocycles. The van der Waals surface area contributed by atoms with Gasteiger partial charge in [-0.2, -0.15) is 0 Å². The van der Waals surface area contributed by atoms with E-state index in [2.05, 4.69) is 33.4 Å². The van der Waals surface area contributed by atoms with Crippen LogP contribution in [0.2, 0.25) is 0 Å². The van der Waals surface area contributed by atoms with Crippen LogP contribution < -0.4 is 5.32 Å². The van der Waals surface area contributed by atoms with Crippen molar-refractivity contribution in [1.82, 2.24) is 5.32 Å². The molecule has 0 saturated heterocycles. The third-order valence-corrected chi connectivity index (χ3v) is 4.05. The summed E-state index contributed by atoms with van der Waals surface area (Å²) in [4.78, 5) is 11.9. The third kappa shape index (κ3) is 2.59. The fourth-order valence-corrected chi connectivity index (χ4v) is 2.59. The van der Waals surface area contributed by atoms with Crippen LogP contribution in [-0.2, 0) is 5.41 Å². The van der Waals surface area contributed by atoms with Crippen LogP contribution in [0.25, 0.3) is 0 Å². The Kier molecular flexibility index (Phi) is 3.19. The highest BCUT2D eigenvalue weighted by atomic mass is 79.9. The van der Waals surface area contributed by atoms with Gasteiger partial charge in [-0.25, -0.2) is 0 Å². The predicted molar refractivity (Wildman–Crippen MR) is 76.1 cm³/mol. The number of amides is 1. The minimum atomic E-state index is -0.159. The minimum Gasteiger partial charge on any atom is -0.444 e. The zero-order valence-electron chi connectivity index (χ0n) is 10.4. The van der Waals surface area contributed by atoms with Gasteiger partial charge in [-0.05, 0) is 46.5 Å². The van der Waals surface area contributed by atoms with Gasteiger partial charge in [0, 0.05) is 12.0 Å². The number of nitrogens with one attached hydrogen (secondary N) is 1. The molecule has 1 heterocycles. The van der Waals surface area contributed by atoms with Crippen molar-refractivity contribution in [1.29, 1.82) is 0 Å². The lowest BCUT2D eigenvalue weighted by molar-refractivity contribution is 0.0920. The van der Waals surface area contributed by atoms with Crippen molar-refractivity contribution >= 4 is 21.8 Å². The van der Waals surface area contributed by atoms with Gasteiger partial charge in [0.25, 0.3) is 5.91 Å². The molecule has 1 fully saturated rings. The molecule has 1 aliphatic rings. The molecule has 4 heteroatoms. The molecule has 0 atom stereocenters. The van der Waals surface area contributed by atoms with Gasteiger partial charge in [0.05, 0.1) is 0 Å². The van der Waals surface area contributed by atoms with Crippen LogP contribution >= 0.6 is 15.9 Å². The Morgan fingerprint density at radius 1 is 1.21 bits per heavy atom. The lowest BCUT2D eigenvalue weighted by Crippen LogP contribution is -2.32. The van der Waals surface area contributed by atoms with Gasteiger partial charge in [0.15, 0.2) is 10.4 Å². The highest BCUT2D eigenvalue weighted by Crippen LogP contribution is 2.47. The number of halogens is 1. The normalized spacial score (nSPS) is 16.1. The van der Waals surface area contributed by atoms with Crippen molar-refractivity contribution in [2.75, 3.05) is 6.54 Å². The molecule has 1 amide bonds. The van der Waals surface area contributed by atoms with E-state index in [4.69, 9.17) is 4.42 Å². The fraction of sp³-hybridized carbons (Fsp3) is 0.267. The van der Waals surface area contributed by atoms with Crippen molar-refractivity contribution in [2.45, 2.75) is 18.3 Å². The number of rotatable bonds is 4. The van der Waals surface area contributed by atoms with Gasteiger partial charge in [0.1, 0.15) is 0 Å². The lowest BCUT2D eigenvalue weighted by atomic mass is 9.96. The summed E-state index contributed by atoms with van der Waals surface area (Å²) in [5.41, 5.74) is 1.43. The molecular weight excluding hydrogens is 306 g/mol. The number of carbonyl (C=O) groups excluding carboxylic acids is 1. The second kappa shape index (κ2) is 4.85. The van der Waals surface area contributed by atoms with Crippen LogP contribution in [0.4, 0.5) is 0 Å². The number of furan rings is 1. The van der Waals surface area contributed by atoms with Gasteiger partial charge in [-0.1, -0.05) is 30.3 Å². The molecule has 1 aromatic heterocycles. The topological polar surface area (TPSA) is 42.2 Å². The molecule has 1 saturated carbocycles. The van der Waals surface area contributed by atoms with Crippen LogP contribution in [0.5, 0.6) is 0 Å². The fourth-order valence-electron chi connectivity index (χ4n) is 2.28. The summed E-state index contributed by atoms with van der Waals surface area (Å²) in [7, 11) is 0. The quantitative estimate of drug-likeness (QED) is 0.937. The zero-order valence-corrected chi connectivity index (χ0v) is 11.9. The Morgan fingerprint density at radius 2 is 1.95 bits per heavy atom. The maximum atomic E-state index is 11.9. The summed E-state index contributed by atoms with van der Waals surface area (Å²) in [6.45, 7) is 0.661. The molecule has 1 aliphatic carbocycles. The van der Waals surface area contributed by atoms with E-state index in [1.807, 2.05) is 18.2 Å². The van der Waals surface area contributed by atoms with Gasteiger partial charge in [-0.3, -0.25) is 4.79 Å². The summed E-state index contributed by atoms with van der Waals surface area (Å²) in [6, 6.07) is 13.7. The summed E-state index contributed by atoms with van der Waals surface area (Å²) in [5, 5.41) is 2.96. The average Bonchev–Trinajstić information content (AvgIpc) is 3.12. The monoisotopic (exact) mass is 319 g/mol. The van der Waals surface area contributed by atoms with Gasteiger partial charge >= 0.3 is 0 Å². The van der Waals surface area contributed by atoms with E-state index in [-0.39, 0.29) is 11.3 Å². The molecule has 98 valence electrons. The Hall–Kier alpha value is -1.55. The minimum absolute atomic E-state index is 0.126. The van der Waals surface area contributed by atoms with Crippen LogP contribution in [0.3, 0.4) is 0 Å². The second-order valence-corrected chi connectivity index (χ2v) is 5.71. The lowest BCUT2D eigenvalue weighted by Gasteiger charge is -2.15. The molecule has 2 aromatic rings. The second-order valence-electron chi connectivity index (χ2n) is 4.93. The third-order valence-electron chi connectivity index (χ3n) is 3.62. The highest BCUT2D eigenvalue weighted by Gasteiger charge is 2.44. The summed E-state index contributed by atoms with van der Waals surface area (Å²) in [6.07, 6.45) is 2.25. The molecule has 0 radical (unpaired) electrons. The van der Waals surface area contributed by atoms with Crippen molar-refractivity contribution < 1.29 is 9.21 Å². The maximum absolute atomic E-state index is 11.9. The Morgan fingerprint density at radius 3 is 2.53 bits per heavy atom. The van der Waals surface area contributed by atoms with Crippen molar-refractivity contribution in [3.63, 3.8) is 0 Å². The Balaban J connectivity index is 1.65. The van der Waals surface area contributed by atoms with Crippen LogP contribution in [0, 0.1) is 0 Å². The van der Waals surface area contributed by atoms with Crippen molar-refractivity contribution in [3.8, 4) is 0 Å². The Bertz CT molecular complexity index is 587. The first kappa shape index (κ1) is 12.5. The number of hydrogen-bond donors (Lipinski definition) is 1. The molecule has 3 nitrogen and oxygen atoms in total. The molecular formula is C15H14BrNO2. The standard InChI is InChI=1S/C15H14BrNO2/c16-13-7-6-12(19-13)14(18)17-10-15(8-9-15)11-4-2-1-3-5-11/h1-7H,8-10H2,(H,17,18). The first-order chi connectivity index (χ1) is 9.20. The SMILES string of the molecule is O=C(NCC1(c2ccccc2)CC1)c1ccc(Br)o1. The number of benzene rings is 1. The molecule has 0 aliphatic heterocycles. The largest absolute Gasteiger partial charge is 0.444 e. The van der Waals surface area contributed by atoms with Crippen LogP contribution in [0.15, 0.2) is 51.6 Å². The van der Waals surface area contributed by atoms with E-state index in [0.29, 0.717) is 17.0 Å².